The van der Waals surface area contributed by atoms with E-state index < -0.39 is 11.5 Å². The summed E-state index contributed by atoms with van der Waals surface area (Å²) in [6.07, 6.45) is 2.00. The fourth-order valence-corrected chi connectivity index (χ4v) is 1.94. The third kappa shape index (κ3) is 2.97. The molecule has 1 rings (SSSR count). The molecule has 0 aromatic heterocycles. The van der Waals surface area contributed by atoms with Crippen LogP contribution in [0, 0.1) is 0 Å². The fourth-order valence-electron chi connectivity index (χ4n) is 1.94. The first kappa shape index (κ1) is 10.5. The molecule has 3 N–H and O–H groups in total. The van der Waals surface area contributed by atoms with Crippen LogP contribution in [0.5, 0.6) is 0 Å². The molecule has 0 bridgehead atoms. The van der Waals surface area contributed by atoms with Gasteiger partial charge in [0, 0.05) is 18.6 Å². The van der Waals surface area contributed by atoms with Crippen molar-refractivity contribution in [3.8, 4) is 0 Å². The third-order valence-electron chi connectivity index (χ3n) is 2.51. The molecule has 1 unspecified atom stereocenters. The van der Waals surface area contributed by atoms with Crippen molar-refractivity contribution in [1.29, 1.82) is 0 Å². The summed E-state index contributed by atoms with van der Waals surface area (Å²) in [7, 11) is 0. The molecule has 4 nitrogen and oxygen atoms in total. The predicted octanol–water partition coefficient (Wildman–Crippen LogP) is 0.274. The van der Waals surface area contributed by atoms with Crippen LogP contribution in [0.4, 0.5) is 0 Å². The monoisotopic (exact) mass is 186 g/mol. The lowest BCUT2D eigenvalue weighted by molar-refractivity contribution is -0.138. The molecule has 13 heavy (non-hydrogen) atoms. The number of nitrogens with zero attached hydrogens (tertiary/aromatic N) is 1. The van der Waals surface area contributed by atoms with Gasteiger partial charge in [0.2, 0.25) is 0 Å². The average Bonchev–Trinajstić information content (AvgIpc) is 2.31. The van der Waals surface area contributed by atoms with E-state index in [2.05, 4.69) is 11.8 Å². The van der Waals surface area contributed by atoms with E-state index in [1.54, 1.807) is 0 Å². The van der Waals surface area contributed by atoms with Crippen molar-refractivity contribution in [3.05, 3.63) is 0 Å². The second-order valence-corrected chi connectivity index (χ2v) is 3.96. The maximum absolute atomic E-state index is 10.5. The summed E-state index contributed by atoms with van der Waals surface area (Å²) in [6, 6.07) is 0. The summed E-state index contributed by atoms with van der Waals surface area (Å²) >= 11 is 0. The van der Waals surface area contributed by atoms with Gasteiger partial charge in [0.15, 0.2) is 0 Å². The molecule has 0 aromatic rings. The van der Waals surface area contributed by atoms with Gasteiger partial charge in [-0.25, -0.2) is 0 Å². The lowest BCUT2D eigenvalue weighted by Gasteiger charge is -2.22. The van der Waals surface area contributed by atoms with Crippen molar-refractivity contribution >= 4 is 5.97 Å². The van der Waals surface area contributed by atoms with Gasteiger partial charge in [-0.1, -0.05) is 6.92 Å². The molecule has 4 heteroatoms. The van der Waals surface area contributed by atoms with Gasteiger partial charge in [-0.15, -0.1) is 0 Å². The summed E-state index contributed by atoms with van der Waals surface area (Å²) in [6.45, 7) is 4.82. The fraction of sp³-hybridized carbons (Fsp3) is 0.889. The quantitative estimate of drug-likeness (QED) is 0.661. The van der Waals surface area contributed by atoms with Gasteiger partial charge in [0.05, 0.1) is 6.42 Å². The standard InChI is InChI=1S/C9H18N2O2/c1-2-4-11-5-3-9(10,7-11)6-8(12)13/h2-7,10H2,1H3,(H,12,13). The zero-order valence-corrected chi connectivity index (χ0v) is 8.12. The van der Waals surface area contributed by atoms with E-state index in [-0.39, 0.29) is 6.42 Å². The Kier molecular flexibility index (Phi) is 3.27. The Labute approximate surface area is 78.7 Å². The molecule has 1 aliphatic rings. The van der Waals surface area contributed by atoms with Crippen molar-refractivity contribution in [3.63, 3.8) is 0 Å². The number of likely N-dealkylation sites (tertiary alicyclic amines) is 1. The second-order valence-electron chi connectivity index (χ2n) is 3.96. The molecule has 1 aliphatic heterocycles. The summed E-state index contributed by atoms with van der Waals surface area (Å²) < 4.78 is 0. The highest BCUT2D eigenvalue weighted by atomic mass is 16.4. The van der Waals surface area contributed by atoms with Crippen LogP contribution in [0.15, 0.2) is 0 Å². The number of carboxylic acids is 1. The van der Waals surface area contributed by atoms with E-state index in [4.69, 9.17) is 10.8 Å². The number of hydrogen-bond donors (Lipinski definition) is 2. The summed E-state index contributed by atoms with van der Waals surface area (Å²) in [5.74, 6) is -0.791. The van der Waals surface area contributed by atoms with Gasteiger partial charge in [0.1, 0.15) is 0 Å². The Balaban J connectivity index is 2.41. The molecular formula is C9H18N2O2. The molecule has 1 fully saturated rings. The lowest BCUT2D eigenvalue weighted by Crippen LogP contribution is -2.44. The number of carboxylic acid groups (broad SMARTS) is 1. The Morgan fingerprint density at radius 3 is 2.92 bits per heavy atom. The second kappa shape index (κ2) is 4.07. The number of rotatable bonds is 4. The first-order chi connectivity index (χ1) is 6.06. The summed E-state index contributed by atoms with van der Waals surface area (Å²) in [4.78, 5) is 12.8. The molecule has 0 saturated carbocycles. The zero-order valence-electron chi connectivity index (χ0n) is 8.12. The molecule has 0 aromatic carbocycles. The number of aliphatic carboxylic acids is 1. The topological polar surface area (TPSA) is 66.6 Å². The number of nitrogens with two attached hydrogens (primary N) is 1. The highest BCUT2D eigenvalue weighted by Crippen LogP contribution is 2.21. The molecule has 1 saturated heterocycles. The van der Waals surface area contributed by atoms with E-state index in [9.17, 15) is 4.79 Å². The van der Waals surface area contributed by atoms with Gasteiger partial charge in [0.25, 0.3) is 0 Å². The molecule has 1 heterocycles. The highest BCUT2D eigenvalue weighted by molar-refractivity contribution is 5.68. The van der Waals surface area contributed by atoms with E-state index in [1.165, 1.54) is 0 Å². The van der Waals surface area contributed by atoms with E-state index in [0.717, 1.165) is 32.5 Å². The van der Waals surface area contributed by atoms with Crippen molar-refractivity contribution < 1.29 is 9.90 Å². The van der Waals surface area contributed by atoms with Crippen molar-refractivity contribution in [1.82, 2.24) is 4.90 Å². The van der Waals surface area contributed by atoms with Crippen LogP contribution in [0.1, 0.15) is 26.2 Å². The highest BCUT2D eigenvalue weighted by Gasteiger charge is 2.35. The Morgan fingerprint density at radius 1 is 1.69 bits per heavy atom. The first-order valence-corrected chi connectivity index (χ1v) is 4.79. The molecule has 0 aliphatic carbocycles. The largest absolute Gasteiger partial charge is 0.481 e. The minimum absolute atomic E-state index is 0.0905. The van der Waals surface area contributed by atoms with Crippen LogP contribution in [-0.4, -0.2) is 41.1 Å². The molecule has 0 amide bonds. The number of carbonyl (C=O) groups is 1. The van der Waals surface area contributed by atoms with E-state index >= 15 is 0 Å². The van der Waals surface area contributed by atoms with Crippen LogP contribution >= 0.6 is 0 Å². The van der Waals surface area contributed by atoms with Gasteiger partial charge in [-0.2, -0.15) is 0 Å². The third-order valence-corrected chi connectivity index (χ3v) is 2.51. The molecule has 1 atom stereocenters. The van der Waals surface area contributed by atoms with Crippen LogP contribution in [-0.2, 0) is 4.79 Å². The Hall–Kier alpha value is -0.610. The Morgan fingerprint density at radius 2 is 2.38 bits per heavy atom. The van der Waals surface area contributed by atoms with Crippen molar-refractivity contribution in [2.45, 2.75) is 31.7 Å². The predicted molar refractivity (Wildman–Crippen MR) is 50.5 cm³/mol. The van der Waals surface area contributed by atoms with Gasteiger partial charge in [-0.05, 0) is 19.4 Å². The molecule has 0 spiro atoms. The van der Waals surface area contributed by atoms with Gasteiger partial charge < -0.3 is 15.7 Å². The van der Waals surface area contributed by atoms with Crippen LogP contribution in [0.2, 0.25) is 0 Å². The van der Waals surface area contributed by atoms with E-state index in [1.807, 2.05) is 0 Å². The van der Waals surface area contributed by atoms with E-state index in [0.29, 0.717) is 0 Å². The molecule has 0 radical (unpaired) electrons. The summed E-state index contributed by atoms with van der Waals surface area (Å²) in [5, 5.41) is 8.66. The SMILES string of the molecule is CCCN1CCC(N)(CC(=O)O)C1. The van der Waals surface area contributed by atoms with Crippen LogP contribution in [0.25, 0.3) is 0 Å². The molecule has 76 valence electrons. The van der Waals surface area contributed by atoms with Crippen molar-refractivity contribution in [2.75, 3.05) is 19.6 Å². The van der Waals surface area contributed by atoms with Gasteiger partial charge in [-0.3, -0.25) is 4.79 Å². The van der Waals surface area contributed by atoms with Gasteiger partial charge >= 0.3 is 5.97 Å². The first-order valence-electron chi connectivity index (χ1n) is 4.79. The number of hydrogen-bond acceptors (Lipinski definition) is 3. The zero-order chi connectivity index (χ0) is 9.90. The lowest BCUT2D eigenvalue weighted by atomic mass is 9.96. The Bertz CT molecular complexity index is 196. The summed E-state index contributed by atoms with van der Waals surface area (Å²) in [5.41, 5.74) is 5.47. The average molecular weight is 186 g/mol. The normalized spacial score (nSPS) is 29.4. The van der Waals surface area contributed by atoms with Crippen LogP contribution in [0.3, 0.4) is 0 Å². The minimum atomic E-state index is -0.791. The maximum Gasteiger partial charge on any atom is 0.305 e. The van der Waals surface area contributed by atoms with Crippen molar-refractivity contribution in [2.24, 2.45) is 5.73 Å². The molecular weight excluding hydrogens is 168 g/mol. The maximum atomic E-state index is 10.5. The van der Waals surface area contributed by atoms with Crippen LogP contribution < -0.4 is 5.73 Å². The minimum Gasteiger partial charge on any atom is -0.481 e. The smallest absolute Gasteiger partial charge is 0.305 e.